The minimum Gasteiger partial charge on any atom is -0.496 e. The van der Waals surface area contributed by atoms with Gasteiger partial charge in [-0.25, -0.2) is 19.2 Å². The van der Waals surface area contributed by atoms with Crippen molar-refractivity contribution in [1.82, 2.24) is 9.97 Å². The zero-order valence-electron chi connectivity index (χ0n) is 15.5. The number of hydrogen-bond acceptors (Lipinski definition) is 6. The van der Waals surface area contributed by atoms with Crippen LogP contribution in [0.1, 0.15) is 16.7 Å². The number of hydrogen-bond donors (Lipinski definition) is 2. The Bertz CT molecular complexity index is 1180. The highest BCUT2D eigenvalue weighted by molar-refractivity contribution is 5.81. The van der Waals surface area contributed by atoms with Gasteiger partial charge >= 0.3 is 0 Å². The summed E-state index contributed by atoms with van der Waals surface area (Å²) in [7, 11) is 1.34. The number of ether oxygens (including phenoxy) is 1. The van der Waals surface area contributed by atoms with Crippen LogP contribution < -0.4 is 15.7 Å². The second-order valence-corrected chi connectivity index (χ2v) is 5.91. The number of benzene rings is 2. The average Bonchev–Trinajstić information content (AvgIpc) is 2.74. The second-order valence-electron chi connectivity index (χ2n) is 5.91. The summed E-state index contributed by atoms with van der Waals surface area (Å²) in [4.78, 5) is 18.8. The predicted molar refractivity (Wildman–Crippen MR) is 104 cm³/mol. The summed E-state index contributed by atoms with van der Waals surface area (Å²) >= 11 is 0. The number of H-pyrrole nitrogens is 1. The minimum absolute atomic E-state index is 0.0423. The molecule has 0 unspecified atom stereocenters. The number of rotatable bonds is 5. The molecule has 0 fully saturated rings. The lowest BCUT2D eigenvalue weighted by molar-refractivity contribution is 0.401. The van der Waals surface area contributed by atoms with Crippen molar-refractivity contribution in [1.29, 1.82) is 5.26 Å². The van der Waals surface area contributed by atoms with E-state index < -0.39 is 17.2 Å². The van der Waals surface area contributed by atoms with E-state index in [9.17, 15) is 18.8 Å². The van der Waals surface area contributed by atoms with Gasteiger partial charge in [0.1, 0.15) is 17.4 Å². The van der Waals surface area contributed by atoms with Gasteiger partial charge < -0.3 is 4.74 Å². The van der Waals surface area contributed by atoms with Gasteiger partial charge in [0.15, 0.2) is 11.6 Å². The van der Waals surface area contributed by atoms with Gasteiger partial charge in [0.05, 0.1) is 19.0 Å². The topological polar surface area (TPSA) is 103 Å². The fourth-order valence-corrected chi connectivity index (χ4v) is 2.62. The van der Waals surface area contributed by atoms with E-state index in [1.165, 1.54) is 20.1 Å². The first-order valence-corrected chi connectivity index (χ1v) is 8.37. The highest BCUT2D eigenvalue weighted by Gasteiger charge is 2.15. The molecule has 0 aliphatic rings. The van der Waals surface area contributed by atoms with Crippen LogP contribution in [0.25, 0.3) is 11.3 Å². The van der Waals surface area contributed by atoms with Crippen LogP contribution in [0.15, 0.2) is 46.3 Å². The zero-order chi connectivity index (χ0) is 21.0. The predicted octanol–water partition coefficient (Wildman–Crippen LogP) is 3.35. The van der Waals surface area contributed by atoms with Gasteiger partial charge in [0.2, 0.25) is 5.95 Å². The molecule has 0 radical (unpaired) electrons. The summed E-state index contributed by atoms with van der Waals surface area (Å²) in [5.74, 6) is -2.02. The van der Waals surface area contributed by atoms with Gasteiger partial charge in [0, 0.05) is 16.7 Å². The Kier molecular flexibility index (Phi) is 5.64. The molecule has 0 amide bonds. The smallest absolute Gasteiger partial charge is 0.270 e. The zero-order valence-corrected chi connectivity index (χ0v) is 15.5. The number of halogens is 2. The van der Waals surface area contributed by atoms with Crippen LogP contribution in [0.5, 0.6) is 5.75 Å². The maximum absolute atomic E-state index is 14.1. The van der Waals surface area contributed by atoms with Crippen molar-refractivity contribution in [2.24, 2.45) is 5.10 Å². The van der Waals surface area contributed by atoms with E-state index in [-0.39, 0.29) is 34.1 Å². The molecule has 0 bridgehead atoms. The summed E-state index contributed by atoms with van der Waals surface area (Å²) in [5, 5.41) is 13.1. The molecule has 0 saturated carbocycles. The molecule has 0 atom stereocenters. The number of nitrogens with one attached hydrogen (secondary N) is 2. The lowest BCUT2D eigenvalue weighted by atomic mass is 10.1. The molecule has 0 spiro atoms. The van der Waals surface area contributed by atoms with Crippen molar-refractivity contribution in [3.63, 3.8) is 0 Å². The first kappa shape index (κ1) is 19.7. The third kappa shape index (κ3) is 3.96. The summed E-state index contributed by atoms with van der Waals surface area (Å²) in [6, 6.07) is 11.8. The van der Waals surface area contributed by atoms with Crippen molar-refractivity contribution >= 4 is 12.2 Å². The molecule has 1 heterocycles. The van der Waals surface area contributed by atoms with Crippen molar-refractivity contribution in [2.75, 3.05) is 12.5 Å². The molecule has 29 heavy (non-hydrogen) atoms. The number of aromatic amines is 1. The molecule has 0 saturated heterocycles. The largest absolute Gasteiger partial charge is 0.496 e. The molecule has 3 aromatic rings. The molecule has 7 nitrogen and oxygen atoms in total. The van der Waals surface area contributed by atoms with Gasteiger partial charge in [-0.05, 0) is 13.0 Å². The average molecular weight is 395 g/mol. The van der Waals surface area contributed by atoms with Crippen LogP contribution in [0.3, 0.4) is 0 Å². The van der Waals surface area contributed by atoms with E-state index >= 15 is 0 Å². The summed E-state index contributed by atoms with van der Waals surface area (Å²) in [6.45, 7) is 1.40. The van der Waals surface area contributed by atoms with Crippen molar-refractivity contribution in [3.05, 3.63) is 75.1 Å². The number of anilines is 1. The van der Waals surface area contributed by atoms with Gasteiger partial charge in [-0.1, -0.05) is 30.3 Å². The number of nitriles is 1. The van der Waals surface area contributed by atoms with E-state index in [1.807, 2.05) is 6.07 Å². The molecule has 1 aromatic heterocycles. The maximum Gasteiger partial charge on any atom is 0.270 e. The Morgan fingerprint density at radius 2 is 2.00 bits per heavy atom. The fraction of sp³-hybridized carbons (Fsp3) is 0.100. The van der Waals surface area contributed by atoms with E-state index in [1.54, 1.807) is 30.3 Å². The molecule has 146 valence electrons. The monoisotopic (exact) mass is 395 g/mol. The van der Waals surface area contributed by atoms with Crippen LogP contribution >= 0.6 is 0 Å². The molecule has 0 aliphatic heterocycles. The Hall–Kier alpha value is -4.06. The fourth-order valence-electron chi connectivity index (χ4n) is 2.62. The first-order valence-electron chi connectivity index (χ1n) is 8.37. The third-order valence-electron chi connectivity index (χ3n) is 4.10. The van der Waals surface area contributed by atoms with Crippen molar-refractivity contribution < 1.29 is 13.5 Å². The van der Waals surface area contributed by atoms with E-state index in [0.717, 1.165) is 6.21 Å². The van der Waals surface area contributed by atoms with Crippen LogP contribution in [-0.4, -0.2) is 23.3 Å². The van der Waals surface area contributed by atoms with Crippen LogP contribution in [-0.2, 0) is 0 Å². The van der Waals surface area contributed by atoms with Crippen LogP contribution in [0, 0.1) is 29.9 Å². The number of aromatic nitrogens is 2. The summed E-state index contributed by atoms with van der Waals surface area (Å²) < 4.78 is 33.0. The normalized spacial score (nSPS) is 10.7. The van der Waals surface area contributed by atoms with Gasteiger partial charge in [-0.2, -0.15) is 10.4 Å². The van der Waals surface area contributed by atoms with Gasteiger partial charge in [-0.15, -0.1) is 0 Å². The van der Waals surface area contributed by atoms with E-state index in [4.69, 9.17) is 4.74 Å². The Morgan fingerprint density at radius 3 is 2.66 bits per heavy atom. The Balaban J connectivity index is 1.95. The molecule has 0 aliphatic carbocycles. The standard InChI is InChI=1S/C20H15F2N5O2/c1-11-15(29-2)8-13(17(22)16(11)21)10-24-27-20-25-18(12-6-4-3-5-7-12)14(9-23)19(28)26-20/h3-8,10H,1-2H3,(H2,25,26,27,28). The number of methoxy groups -OCH3 is 1. The molecule has 9 heteroatoms. The van der Waals surface area contributed by atoms with E-state index in [2.05, 4.69) is 20.5 Å². The Labute approximate surface area is 164 Å². The molecule has 3 rings (SSSR count). The molecule has 2 N–H and O–H groups in total. The van der Waals surface area contributed by atoms with Gasteiger partial charge in [0.25, 0.3) is 5.56 Å². The van der Waals surface area contributed by atoms with Crippen molar-refractivity contribution in [2.45, 2.75) is 6.92 Å². The van der Waals surface area contributed by atoms with Gasteiger partial charge in [-0.3, -0.25) is 9.78 Å². The molecular formula is C20H15F2N5O2. The first-order chi connectivity index (χ1) is 14.0. The summed E-state index contributed by atoms with van der Waals surface area (Å²) in [6.07, 6.45) is 1.03. The lowest BCUT2D eigenvalue weighted by Crippen LogP contribution is -2.16. The number of nitrogens with zero attached hydrogens (tertiary/aromatic N) is 3. The highest BCUT2D eigenvalue weighted by atomic mass is 19.2. The summed E-state index contributed by atoms with van der Waals surface area (Å²) in [5.41, 5.74) is 2.27. The molecule has 2 aromatic carbocycles. The highest BCUT2D eigenvalue weighted by Crippen LogP contribution is 2.25. The van der Waals surface area contributed by atoms with Crippen molar-refractivity contribution in [3.8, 4) is 23.1 Å². The minimum atomic E-state index is -1.08. The van der Waals surface area contributed by atoms with E-state index in [0.29, 0.717) is 5.56 Å². The van der Waals surface area contributed by atoms with Crippen LogP contribution in [0.2, 0.25) is 0 Å². The maximum atomic E-state index is 14.1. The SMILES string of the molecule is COc1cc(C=NNc2nc(-c3ccccc3)c(C#N)c(=O)[nH]2)c(F)c(F)c1C. The quantitative estimate of drug-likeness (QED) is 0.509. The lowest BCUT2D eigenvalue weighted by Gasteiger charge is -2.08. The third-order valence-corrected chi connectivity index (χ3v) is 4.10. The van der Waals surface area contributed by atoms with Crippen LogP contribution in [0.4, 0.5) is 14.7 Å². The Morgan fingerprint density at radius 1 is 1.28 bits per heavy atom. The second kappa shape index (κ2) is 8.31. The molecular weight excluding hydrogens is 380 g/mol. The number of hydrazone groups is 1.